The third-order valence-corrected chi connectivity index (χ3v) is 7.09. The lowest BCUT2D eigenvalue weighted by Crippen LogP contribution is -2.32. The molecule has 2 amide bonds. The van der Waals surface area contributed by atoms with Crippen LogP contribution in [0, 0.1) is 23.7 Å². The topological polar surface area (TPSA) is 63.7 Å². The van der Waals surface area contributed by atoms with Gasteiger partial charge in [-0.25, -0.2) is 0 Å². The van der Waals surface area contributed by atoms with E-state index in [1.165, 1.54) is 4.90 Å². The smallest absolute Gasteiger partial charge is 0.237 e. The number of halogens is 1. The van der Waals surface area contributed by atoms with Crippen LogP contribution in [0.4, 0.5) is 5.69 Å². The Balaban J connectivity index is 1.26. The maximum atomic E-state index is 12.9. The summed E-state index contributed by atoms with van der Waals surface area (Å²) < 4.78 is 6.50. The zero-order chi connectivity index (χ0) is 20.1. The van der Waals surface area contributed by atoms with Gasteiger partial charge in [-0.3, -0.25) is 19.3 Å². The number of hydrogen-bond donors (Lipinski definition) is 0. The van der Waals surface area contributed by atoms with Gasteiger partial charge < -0.3 is 4.74 Å². The Kier molecular flexibility index (Phi) is 4.54. The van der Waals surface area contributed by atoms with Crippen LogP contribution >= 0.6 is 15.9 Å². The molecule has 4 atom stereocenters. The van der Waals surface area contributed by atoms with E-state index in [9.17, 15) is 14.4 Å². The molecule has 29 heavy (non-hydrogen) atoms. The Bertz CT molecular complexity index is 957. The van der Waals surface area contributed by atoms with Crippen molar-refractivity contribution in [3.63, 3.8) is 0 Å². The predicted octanol–water partition coefficient (Wildman–Crippen LogP) is 4.25. The fourth-order valence-corrected chi connectivity index (χ4v) is 5.49. The molecule has 0 spiro atoms. The lowest BCUT2D eigenvalue weighted by molar-refractivity contribution is -0.123. The Labute approximate surface area is 177 Å². The fraction of sp³-hybridized carbons (Fsp3) is 0.348. The number of ketones is 1. The van der Waals surface area contributed by atoms with E-state index in [1.54, 1.807) is 36.4 Å². The average molecular weight is 454 g/mol. The highest BCUT2D eigenvalue weighted by Gasteiger charge is 2.61. The van der Waals surface area contributed by atoms with Gasteiger partial charge >= 0.3 is 0 Å². The van der Waals surface area contributed by atoms with E-state index in [1.807, 2.05) is 12.1 Å². The molecule has 3 aliphatic rings. The van der Waals surface area contributed by atoms with Crippen molar-refractivity contribution < 1.29 is 19.1 Å². The first kappa shape index (κ1) is 18.6. The lowest BCUT2D eigenvalue weighted by Gasteiger charge is -2.19. The number of amides is 2. The van der Waals surface area contributed by atoms with Crippen molar-refractivity contribution in [1.82, 2.24) is 0 Å². The Morgan fingerprint density at radius 1 is 0.931 bits per heavy atom. The molecule has 0 aromatic heterocycles. The summed E-state index contributed by atoms with van der Waals surface area (Å²) in [5, 5.41) is 0. The second kappa shape index (κ2) is 7.10. The largest absolute Gasteiger partial charge is 0.485 e. The van der Waals surface area contributed by atoms with Crippen molar-refractivity contribution >= 4 is 39.2 Å². The number of Topliss-reactive ketones (excluding diaryl/α,β-unsaturated/α-hetero) is 1. The van der Waals surface area contributed by atoms with Crippen molar-refractivity contribution in [2.45, 2.75) is 19.3 Å². The van der Waals surface area contributed by atoms with E-state index in [4.69, 9.17) is 4.74 Å². The highest BCUT2D eigenvalue weighted by Crippen LogP contribution is 2.56. The normalized spacial score (nSPS) is 27.4. The van der Waals surface area contributed by atoms with Gasteiger partial charge in [-0.15, -0.1) is 0 Å². The van der Waals surface area contributed by atoms with Crippen molar-refractivity contribution in [1.29, 1.82) is 0 Å². The fourth-order valence-electron chi connectivity index (χ4n) is 5.22. The number of benzene rings is 2. The molecule has 2 aromatic carbocycles. The zero-order valence-corrected chi connectivity index (χ0v) is 17.3. The monoisotopic (exact) mass is 453 g/mol. The van der Waals surface area contributed by atoms with Crippen LogP contribution in [0.25, 0.3) is 0 Å². The molecular formula is C23H20BrNO4. The quantitative estimate of drug-likeness (QED) is 0.501. The van der Waals surface area contributed by atoms with Gasteiger partial charge in [0.2, 0.25) is 11.8 Å². The first-order valence-electron chi connectivity index (χ1n) is 9.92. The van der Waals surface area contributed by atoms with Crippen LogP contribution in [0.3, 0.4) is 0 Å². The first-order chi connectivity index (χ1) is 14.0. The molecule has 0 N–H and O–H groups in total. The molecule has 5 nitrogen and oxygen atoms in total. The van der Waals surface area contributed by atoms with Gasteiger partial charge in [-0.2, -0.15) is 0 Å². The summed E-state index contributed by atoms with van der Waals surface area (Å²) in [6.45, 7) is -0.0734. The van der Waals surface area contributed by atoms with E-state index >= 15 is 0 Å². The molecule has 2 aromatic rings. The highest BCUT2D eigenvalue weighted by atomic mass is 79.9. The van der Waals surface area contributed by atoms with Crippen molar-refractivity contribution in [3.8, 4) is 5.75 Å². The summed E-state index contributed by atoms with van der Waals surface area (Å²) in [6, 6.07) is 14.0. The number of hydrogen-bond acceptors (Lipinski definition) is 4. The average Bonchev–Trinajstić information content (AvgIpc) is 3.41. The molecular weight excluding hydrogens is 434 g/mol. The van der Waals surface area contributed by atoms with E-state index < -0.39 is 0 Å². The van der Waals surface area contributed by atoms with Crippen LogP contribution in [0.1, 0.15) is 29.6 Å². The van der Waals surface area contributed by atoms with Gasteiger partial charge in [0.05, 0.1) is 17.5 Å². The van der Waals surface area contributed by atoms with Gasteiger partial charge in [0.25, 0.3) is 0 Å². The number of carbonyl (C=O) groups is 3. The number of nitrogens with zero attached hydrogens (tertiary/aromatic N) is 1. The third-order valence-electron chi connectivity index (χ3n) is 6.56. The maximum absolute atomic E-state index is 12.9. The third kappa shape index (κ3) is 3.10. The SMILES string of the molecule is O=C(COc1ccc(N2C(=O)[C@H]3[C@@H]4CC[C@@H](C4)[C@@H]3C2=O)cc1)c1ccc(Br)cc1. The van der Waals surface area contributed by atoms with Gasteiger partial charge in [0.15, 0.2) is 12.4 Å². The number of rotatable bonds is 5. The summed E-state index contributed by atoms with van der Waals surface area (Å²) in [5.41, 5.74) is 1.17. The van der Waals surface area contributed by atoms with Gasteiger partial charge in [0, 0.05) is 10.0 Å². The molecule has 3 fully saturated rings. The molecule has 0 unspecified atom stereocenters. The van der Waals surface area contributed by atoms with Crippen molar-refractivity contribution in [2.24, 2.45) is 23.7 Å². The van der Waals surface area contributed by atoms with E-state index in [2.05, 4.69) is 15.9 Å². The van der Waals surface area contributed by atoms with Crippen LogP contribution in [-0.4, -0.2) is 24.2 Å². The summed E-state index contributed by atoms with van der Waals surface area (Å²) in [4.78, 5) is 39.4. The molecule has 1 heterocycles. The molecule has 2 aliphatic carbocycles. The molecule has 5 rings (SSSR count). The Morgan fingerprint density at radius 3 is 2.10 bits per heavy atom. The van der Waals surface area contributed by atoms with Crippen LogP contribution in [0.5, 0.6) is 5.75 Å². The van der Waals surface area contributed by atoms with Gasteiger partial charge in [-0.05, 0) is 67.5 Å². The standard InChI is InChI=1S/C23H20BrNO4/c24-16-5-3-13(4-6-16)19(26)12-29-18-9-7-17(8-10-18)25-22(27)20-14-1-2-15(11-14)21(20)23(25)28/h3-10,14-15,20-21H,1-2,11-12H2/t14-,15+,20-,21-/m0/s1. The van der Waals surface area contributed by atoms with Crippen LogP contribution in [-0.2, 0) is 9.59 Å². The van der Waals surface area contributed by atoms with Crippen LogP contribution in [0.15, 0.2) is 53.0 Å². The molecule has 2 bridgehead atoms. The van der Waals surface area contributed by atoms with Crippen molar-refractivity contribution in [3.05, 3.63) is 58.6 Å². The maximum Gasteiger partial charge on any atom is 0.237 e. The second-order valence-electron chi connectivity index (χ2n) is 8.11. The molecule has 1 saturated heterocycles. The number of ether oxygens (including phenoxy) is 1. The highest BCUT2D eigenvalue weighted by molar-refractivity contribution is 9.10. The molecule has 6 heteroatoms. The van der Waals surface area contributed by atoms with E-state index in [0.29, 0.717) is 28.8 Å². The zero-order valence-electron chi connectivity index (χ0n) is 15.7. The lowest BCUT2D eigenvalue weighted by atomic mass is 9.81. The minimum Gasteiger partial charge on any atom is -0.485 e. The molecule has 148 valence electrons. The Morgan fingerprint density at radius 2 is 1.52 bits per heavy atom. The number of imide groups is 1. The summed E-state index contributed by atoms with van der Waals surface area (Å²) in [7, 11) is 0. The molecule has 2 saturated carbocycles. The predicted molar refractivity (Wildman–Crippen MR) is 111 cm³/mol. The minimum absolute atomic E-state index is 0.0497. The molecule has 1 aliphatic heterocycles. The van der Waals surface area contributed by atoms with Crippen LogP contribution < -0.4 is 9.64 Å². The number of anilines is 1. The summed E-state index contributed by atoms with van der Waals surface area (Å²) >= 11 is 3.34. The Hall–Kier alpha value is -2.47. The van der Waals surface area contributed by atoms with Gasteiger partial charge in [0.1, 0.15) is 5.75 Å². The van der Waals surface area contributed by atoms with Crippen LogP contribution in [0.2, 0.25) is 0 Å². The van der Waals surface area contributed by atoms with Gasteiger partial charge in [-0.1, -0.05) is 28.1 Å². The van der Waals surface area contributed by atoms with E-state index in [-0.39, 0.29) is 36.0 Å². The van der Waals surface area contributed by atoms with Crippen molar-refractivity contribution in [2.75, 3.05) is 11.5 Å². The molecule has 0 radical (unpaired) electrons. The summed E-state index contributed by atoms with van der Waals surface area (Å²) in [6.07, 6.45) is 3.16. The number of fused-ring (bicyclic) bond motifs is 5. The minimum atomic E-state index is -0.124. The second-order valence-corrected chi connectivity index (χ2v) is 9.02. The first-order valence-corrected chi connectivity index (χ1v) is 10.7. The summed E-state index contributed by atoms with van der Waals surface area (Å²) in [5.74, 6) is 0.810. The van der Waals surface area contributed by atoms with E-state index in [0.717, 1.165) is 23.7 Å². The number of carbonyl (C=O) groups excluding carboxylic acids is 3.